The van der Waals surface area contributed by atoms with Gasteiger partial charge in [-0.15, -0.1) is 0 Å². The lowest BCUT2D eigenvalue weighted by Gasteiger charge is -2.26. The van der Waals surface area contributed by atoms with E-state index in [0.717, 1.165) is 51.4 Å². The molecule has 0 saturated heterocycles. The maximum atomic E-state index is 12.4. The van der Waals surface area contributed by atoms with Gasteiger partial charge in [-0.2, -0.15) is 0 Å². The maximum Gasteiger partial charge on any atom is 0.220 e. The predicted octanol–water partition coefficient (Wildman–Crippen LogP) is 16.5. The summed E-state index contributed by atoms with van der Waals surface area (Å²) in [5, 5.41) is 33.5. The molecule has 0 heterocycles. The summed E-state index contributed by atoms with van der Waals surface area (Å²) in [6.07, 6.45) is 63.6. The zero-order valence-corrected chi connectivity index (χ0v) is 40.6. The number of carbonyl (C=O) groups excluding carboxylic acids is 1. The van der Waals surface area contributed by atoms with Crippen molar-refractivity contribution in [1.29, 1.82) is 0 Å². The van der Waals surface area contributed by atoms with Gasteiger partial charge in [0, 0.05) is 6.42 Å². The first-order valence-corrected chi connectivity index (χ1v) is 27.1. The van der Waals surface area contributed by atoms with Crippen LogP contribution in [0.1, 0.15) is 296 Å². The molecule has 0 aliphatic carbocycles. The second-order valence-corrected chi connectivity index (χ2v) is 18.8. The quantitative estimate of drug-likeness (QED) is 0.0363. The third kappa shape index (κ3) is 44.9. The van der Waals surface area contributed by atoms with E-state index in [-0.39, 0.29) is 12.5 Å². The summed E-state index contributed by atoms with van der Waals surface area (Å²) in [7, 11) is 0. The normalized spacial score (nSPS) is 13.5. The van der Waals surface area contributed by atoms with Crippen molar-refractivity contribution in [3.63, 3.8) is 0 Å². The second kappa shape index (κ2) is 50.5. The number of amides is 1. The summed E-state index contributed by atoms with van der Waals surface area (Å²) in [6, 6.07) is -0.828. The fourth-order valence-electron chi connectivity index (χ4n) is 8.58. The van der Waals surface area contributed by atoms with Gasteiger partial charge in [0.2, 0.25) is 5.91 Å². The molecule has 0 aromatic carbocycles. The minimum atomic E-state index is -1.16. The molecule has 0 aromatic rings. The van der Waals surface area contributed by atoms with Crippen LogP contribution in [0.15, 0.2) is 24.3 Å². The second-order valence-electron chi connectivity index (χ2n) is 18.8. The van der Waals surface area contributed by atoms with E-state index in [0.29, 0.717) is 12.8 Å². The minimum Gasteiger partial charge on any atom is -0.394 e. The third-order valence-corrected chi connectivity index (χ3v) is 12.8. The Kier molecular flexibility index (Phi) is 49.5. The molecule has 1 amide bonds. The lowest BCUT2D eigenvalue weighted by molar-refractivity contribution is -0.124. The Morgan fingerprint density at radius 2 is 0.683 bits per heavy atom. The molecule has 0 aliphatic heterocycles. The average molecular weight is 846 g/mol. The van der Waals surface area contributed by atoms with E-state index in [4.69, 9.17) is 0 Å². The highest BCUT2D eigenvalue weighted by Gasteiger charge is 2.26. The molecule has 0 aliphatic rings. The van der Waals surface area contributed by atoms with Gasteiger partial charge in [-0.25, -0.2) is 0 Å². The van der Waals surface area contributed by atoms with E-state index < -0.39 is 18.2 Å². The van der Waals surface area contributed by atoms with Gasteiger partial charge in [-0.1, -0.05) is 269 Å². The first-order chi connectivity index (χ1) is 29.6. The molecule has 4 N–H and O–H groups in total. The zero-order chi connectivity index (χ0) is 43.7. The van der Waals surface area contributed by atoms with Crippen LogP contribution in [0.4, 0.5) is 0 Å². The van der Waals surface area contributed by atoms with Crippen LogP contribution in [0.3, 0.4) is 0 Å². The molecule has 356 valence electrons. The summed E-state index contributed by atoms with van der Waals surface area (Å²) >= 11 is 0. The number of carbonyl (C=O) groups is 1. The van der Waals surface area contributed by atoms with Crippen molar-refractivity contribution in [2.24, 2.45) is 0 Å². The summed E-state index contributed by atoms with van der Waals surface area (Å²) in [5.41, 5.74) is 0. The molecule has 3 atom stereocenters. The topological polar surface area (TPSA) is 89.8 Å². The number of aliphatic hydroxyl groups is 3. The molecule has 0 rings (SSSR count). The van der Waals surface area contributed by atoms with Gasteiger partial charge in [-0.3, -0.25) is 4.79 Å². The van der Waals surface area contributed by atoms with Crippen LogP contribution in [-0.2, 0) is 4.79 Å². The monoisotopic (exact) mass is 846 g/mol. The summed E-state index contributed by atoms with van der Waals surface area (Å²) in [5.74, 6) is -0.155. The molecule has 0 bridgehead atoms. The highest BCUT2D eigenvalue weighted by atomic mass is 16.3. The van der Waals surface area contributed by atoms with Crippen LogP contribution < -0.4 is 5.32 Å². The van der Waals surface area contributed by atoms with E-state index in [2.05, 4.69) is 43.5 Å². The molecule has 60 heavy (non-hydrogen) atoms. The standard InChI is InChI=1S/C55H107NO4/c1-3-5-7-9-11-13-15-16-17-18-19-20-21-22-23-24-25-26-27-28-29-30-31-32-33-34-35-36-37-38-40-42-44-46-48-50-54(59)56-52(51-57)55(60)53(58)49-47-45-43-41-39-14-12-10-8-6-4-2/h10,12,41,43,52-53,55,57-58,60H,3-9,11,13-40,42,44-51H2,1-2H3,(H,56,59)/b12-10+,43-41+. The zero-order valence-electron chi connectivity index (χ0n) is 40.6. The Balaban J connectivity index is 3.42. The largest absolute Gasteiger partial charge is 0.394 e. The average Bonchev–Trinajstić information content (AvgIpc) is 3.25. The molecule has 3 unspecified atom stereocenters. The van der Waals surface area contributed by atoms with Crippen LogP contribution in [0, 0.1) is 0 Å². The van der Waals surface area contributed by atoms with E-state index in [1.54, 1.807) is 0 Å². The fraction of sp³-hybridized carbons (Fsp3) is 0.909. The molecule has 0 aromatic heterocycles. The molecule has 0 fully saturated rings. The lowest BCUT2D eigenvalue weighted by atomic mass is 10.0. The van der Waals surface area contributed by atoms with E-state index >= 15 is 0 Å². The van der Waals surface area contributed by atoms with Crippen molar-refractivity contribution in [2.45, 2.75) is 315 Å². The summed E-state index contributed by atoms with van der Waals surface area (Å²) in [6.45, 7) is 4.13. The van der Waals surface area contributed by atoms with Crippen LogP contribution >= 0.6 is 0 Å². The fourth-order valence-corrected chi connectivity index (χ4v) is 8.58. The van der Waals surface area contributed by atoms with Gasteiger partial charge in [0.15, 0.2) is 0 Å². The van der Waals surface area contributed by atoms with E-state index in [9.17, 15) is 20.1 Å². The SMILES string of the molecule is CCCC/C=C/CC/C=C/CCCC(O)C(O)C(CO)NC(=O)CCCCCCCCCCCCCCCCCCCCCCCCCCCCCCCCCCCCC. The highest BCUT2D eigenvalue weighted by Crippen LogP contribution is 2.18. The van der Waals surface area contributed by atoms with Crippen molar-refractivity contribution in [3.8, 4) is 0 Å². The number of allylic oxidation sites excluding steroid dienone is 4. The molecule has 5 heteroatoms. The minimum absolute atomic E-state index is 0.155. The smallest absolute Gasteiger partial charge is 0.220 e. The Hall–Kier alpha value is -1.17. The van der Waals surface area contributed by atoms with E-state index in [1.807, 2.05) is 0 Å². The van der Waals surface area contributed by atoms with Gasteiger partial charge in [-0.05, 0) is 44.9 Å². The highest BCUT2D eigenvalue weighted by molar-refractivity contribution is 5.76. The van der Waals surface area contributed by atoms with Gasteiger partial charge >= 0.3 is 0 Å². The molecule has 5 nitrogen and oxygen atoms in total. The number of hydrogen-bond acceptors (Lipinski definition) is 4. The molecular formula is C55H107NO4. The van der Waals surface area contributed by atoms with Crippen molar-refractivity contribution in [3.05, 3.63) is 24.3 Å². The maximum absolute atomic E-state index is 12.4. The number of rotatable bonds is 50. The van der Waals surface area contributed by atoms with Crippen molar-refractivity contribution >= 4 is 5.91 Å². The van der Waals surface area contributed by atoms with Crippen LogP contribution in [0.5, 0.6) is 0 Å². The summed E-state index contributed by atoms with van der Waals surface area (Å²) < 4.78 is 0. The summed E-state index contributed by atoms with van der Waals surface area (Å²) in [4.78, 5) is 12.4. The Morgan fingerprint density at radius 1 is 0.400 bits per heavy atom. The van der Waals surface area contributed by atoms with Gasteiger partial charge < -0.3 is 20.6 Å². The Labute approximate surface area is 375 Å². The van der Waals surface area contributed by atoms with Gasteiger partial charge in [0.05, 0.1) is 18.8 Å². The predicted molar refractivity (Wildman–Crippen MR) is 264 cm³/mol. The molecule has 0 spiro atoms. The molecule has 0 radical (unpaired) electrons. The third-order valence-electron chi connectivity index (χ3n) is 12.8. The van der Waals surface area contributed by atoms with Crippen LogP contribution in [0.25, 0.3) is 0 Å². The number of aliphatic hydroxyl groups excluding tert-OH is 3. The van der Waals surface area contributed by atoms with Crippen LogP contribution in [-0.4, -0.2) is 46.1 Å². The number of nitrogens with one attached hydrogen (secondary N) is 1. The van der Waals surface area contributed by atoms with Gasteiger partial charge in [0.1, 0.15) is 6.10 Å². The Bertz CT molecular complexity index is 890. The van der Waals surface area contributed by atoms with E-state index in [1.165, 1.54) is 218 Å². The van der Waals surface area contributed by atoms with Crippen molar-refractivity contribution in [1.82, 2.24) is 5.32 Å². The first-order valence-electron chi connectivity index (χ1n) is 27.1. The van der Waals surface area contributed by atoms with Crippen molar-refractivity contribution in [2.75, 3.05) is 6.61 Å². The number of hydrogen-bond donors (Lipinski definition) is 4. The molecular weight excluding hydrogens is 739 g/mol. The lowest BCUT2D eigenvalue weighted by Crippen LogP contribution is -2.50. The number of unbranched alkanes of at least 4 members (excludes halogenated alkanes) is 38. The first kappa shape index (κ1) is 58.8. The van der Waals surface area contributed by atoms with Crippen LogP contribution in [0.2, 0.25) is 0 Å². The Morgan fingerprint density at radius 3 is 1.00 bits per heavy atom. The molecule has 0 saturated carbocycles. The van der Waals surface area contributed by atoms with Crippen molar-refractivity contribution < 1.29 is 20.1 Å². The van der Waals surface area contributed by atoms with Gasteiger partial charge in [0.25, 0.3) is 0 Å².